The lowest BCUT2D eigenvalue weighted by molar-refractivity contribution is -0.124. The SMILES string of the molecule is CNC(C)(CCOc1ccc(C)cc1C)C(N)=O. The van der Waals surface area contributed by atoms with Crippen LogP contribution in [-0.2, 0) is 4.79 Å². The molecule has 1 amide bonds. The monoisotopic (exact) mass is 250 g/mol. The van der Waals surface area contributed by atoms with Gasteiger partial charge in [0.1, 0.15) is 5.75 Å². The van der Waals surface area contributed by atoms with Crippen molar-refractivity contribution in [2.75, 3.05) is 13.7 Å². The highest BCUT2D eigenvalue weighted by Gasteiger charge is 2.28. The zero-order valence-corrected chi connectivity index (χ0v) is 11.5. The molecule has 0 spiro atoms. The predicted molar refractivity (Wildman–Crippen MR) is 72.7 cm³/mol. The number of amides is 1. The third-order valence-corrected chi connectivity index (χ3v) is 3.29. The molecule has 18 heavy (non-hydrogen) atoms. The van der Waals surface area contributed by atoms with E-state index in [-0.39, 0.29) is 5.91 Å². The molecule has 100 valence electrons. The number of ether oxygens (including phenoxy) is 1. The average molecular weight is 250 g/mol. The summed E-state index contributed by atoms with van der Waals surface area (Å²) >= 11 is 0. The molecule has 0 aliphatic rings. The number of carbonyl (C=O) groups is 1. The van der Waals surface area contributed by atoms with Crippen molar-refractivity contribution in [3.05, 3.63) is 29.3 Å². The Balaban J connectivity index is 2.58. The van der Waals surface area contributed by atoms with Crippen LogP contribution in [0.15, 0.2) is 18.2 Å². The number of nitrogens with two attached hydrogens (primary N) is 1. The molecule has 4 heteroatoms. The molecule has 1 atom stereocenters. The number of hydrogen-bond donors (Lipinski definition) is 2. The van der Waals surface area contributed by atoms with E-state index in [0.29, 0.717) is 13.0 Å². The van der Waals surface area contributed by atoms with E-state index in [0.717, 1.165) is 11.3 Å². The fraction of sp³-hybridized carbons (Fsp3) is 0.500. The maximum atomic E-state index is 11.3. The van der Waals surface area contributed by atoms with Crippen LogP contribution in [-0.4, -0.2) is 25.1 Å². The highest BCUT2D eigenvalue weighted by Crippen LogP contribution is 2.19. The summed E-state index contributed by atoms with van der Waals surface area (Å²) in [5.41, 5.74) is 6.93. The summed E-state index contributed by atoms with van der Waals surface area (Å²) < 4.78 is 5.69. The Morgan fingerprint density at radius 1 is 1.44 bits per heavy atom. The zero-order valence-electron chi connectivity index (χ0n) is 11.5. The highest BCUT2D eigenvalue weighted by molar-refractivity contribution is 5.84. The van der Waals surface area contributed by atoms with E-state index in [1.807, 2.05) is 26.0 Å². The van der Waals surface area contributed by atoms with E-state index in [1.54, 1.807) is 14.0 Å². The summed E-state index contributed by atoms with van der Waals surface area (Å²) in [5, 5.41) is 2.93. The molecule has 1 aromatic carbocycles. The van der Waals surface area contributed by atoms with Crippen LogP contribution < -0.4 is 15.8 Å². The third kappa shape index (κ3) is 3.47. The molecule has 0 heterocycles. The smallest absolute Gasteiger partial charge is 0.237 e. The van der Waals surface area contributed by atoms with E-state index in [1.165, 1.54) is 5.56 Å². The Morgan fingerprint density at radius 2 is 2.11 bits per heavy atom. The van der Waals surface area contributed by atoms with Gasteiger partial charge in [0.15, 0.2) is 0 Å². The van der Waals surface area contributed by atoms with Gasteiger partial charge in [0, 0.05) is 6.42 Å². The minimum atomic E-state index is -0.724. The van der Waals surface area contributed by atoms with Crippen molar-refractivity contribution in [1.29, 1.82) is 0 Å². The van der Waals surface area contributed by atoms with Crippen LogP contribution >= 0.6 is 0 Å². The van der Waals surface area contributed by atoms with Gasteiger partial charge in [0.2, 0.25) is 5.91 Å². The van der Waals surface area contributed by atoms with Crippen LogP contribution in [0.1, 0.15) is 24.5 Å². The minimum Gasteiger partial charge on any atom is -0.493 e. The summed E-state index contributed by atoms with van der Waals surface area (Å²) in [6.45, 7) is 6.28. The van der Waals surface area contributed by atoms with E-state index in [2.05, 4.69) is 11.4 Å². The zero-order chi connectivity index (χ0) is 13.8. The van der Waals surface area contributed by atoms with Crippen LogP contribution in [0, 0.1) is 13.8 Å². The predicted octanol–water partition coefficient (Wildman–Crippen LogP) is 1.54. The summed E-state index contributed by atoms with van der Waals surface area (Å²) in [5.74, 6) is 0.484. The maximum absolute atomic E-state index is 11.3. The van der Waals surface area contributed by atoms with Crippen molar-refractivity contribution in [1.82, 2.24) is 5.32 Å². The fourth-order valence-corrected chi connectivity index (χ4v) is 1.70. The van der Waals surface area contributed by atoms with Crippen LogP contribution in [0.3, 0.4) is 0 Å². The van der Waals surface area contributed by atoms with Crippen molar-refractivity contribution >= 4 is 5.91 Å². The molecule has 0 fully saturated rings. The lowest BCUT2D eigenvalue weighted by atomic mass is 9.98. The molecule has 1 aromatic rings. The van der Waals surface area contributed by atoms with E-state index in [4.69, 9.17) is 10.5 Å². The molecule has 0 radical (unpaired) electrons. The number of benzene rings is 1. The Morgan fingerprint density at radius 3 is 2.61 bits per heavy atom. The molecule has 3 N–H and O–H groups in total. The normalized spacial score (nSPS) is 14.0. The number of carbonyl (C=O) groups excluding carboxylic acids is 1. The Bertz CT molecular complexity index is 432. The third-order valence-electron chi connectivity index (χ3n) is 3.29. The Labute approximate surface area is 109 Å². The minimum absolute atomic E-state index is 0.366. The molecule has 0 aliphatic carbocycles. The number of rotatable bonds is 6. The number of likely N-dealkylation sites (N-methyl/N-ethyl adjacent to an activating group) is 1. The van der Waals surface area contributed by atoms with Crippen molar-refractivity contribution in [3.63, 3.8) is 0 Å². The van der Waals surface area contributed by atoms with Crippen LogP contribution in [0.5, 0.6) is 5.75 Å². The fourth-order valence-electron chi connectivity index (χ4n) is 1.70. The van der Waals surface area contributed by atoms with Gasteiger partial charge in [-0.05, 0) is 39.4 Å². The molecular weight excluding hydrogens is 228 g/mol. The van der Waals surface area contributed by atoms with Gasteiger partial charge in [-0.3, -0.25) is 4.79 Å². The Kier molecular flexibility index (Phi) is 4.73. The number of primary amides is 1. The lowest BCUT2D eigenvalue weighted by Crippen LogP contribution is -2.52. The molecule has 1 rings (SSSR count). The highest BCUT2D eigenvalue weighted by atomic mass is 16.5. The molecular formula is C14H22N2O2. The van der Waals surface area contributed by atoms with E-state index < -0.39 is 5.54 Å². The molecule has 0 bridgehead atoms. The summed E-state index contributed by atoms with van der Waals surface area (Å²) in [4.78, 5) is 11.3. The van der Waals surface area contributed by atoms with E-state index in [9.17, 15) is 4.79 Å². The van der Waals surface area contributed by atoms with Gasteiger partial charge >= 0.3 is 0 Å². The van der Waals surface area contributed by atoms with Crippen molar-refractivity contribution in [3.8, 4) is 5.75 Å². The first kappa shape index (κ1) is 14.5. The quantitative estimate of drug-likeness (QED) is 0.805. The second-order valence-electron chi connectivity index (χ2n) is 4.81. The summed E-state index contributed by atoms with van der Waals surface area (Å²) in [7, 11) is 1.72. The topological polar surface area (TPSA) is 64.3 Å². The van der Waals surface area contributed by atoms with Crippen molar-refractivity contribution in [2.24, 2.45) is 5.73 Å². The standard InChI is InChI=1S/C14H22N2O2/c1-10-5-6-12(11(2)9-10)18-8-7-14(3,16-4)13(15)17/h5-6,9,16H,7-8H2,1-4H3,(H2,15,17). The number of hydrogen-bond acceptors (Lipinski definition) is 3. The van der Waals surface area contributed by atoms with Gasteiger partial charge < -0.3 is 15.8 Å². The molecule has 0 aromatic heterocycles. The van der Waals surface area contributed by atoms with Gasteiger partial charge in [-0.25, -0.2) is 0 Å². The van der Waals surface area contributed by atoms with Crippen LogP contribution in [0.4, 0.5) is 0 Å². The van der Waals surface area contributed by atoms with Crippen molar-refractivity contribution in [2.45, 2.75) is 32.7 Å². The van der Waals surface area contributed by atoms with E-state index >= 15 is 0 Å². The van der Waals surface area contributed by atoms with Crippen LogP contribution in [0.2, 0.25) is 0 Å². The van der Waals surface area contributed by atoms with Gasteiger partial charge in [0.05, 0.1) is 12.1 Å². The second kappa shape index (κ2) is 5.87. The average Bonchev–Trinajstić information content (AvgIpc) is 2.31. The maximum Gasteiger partial charge on any atom is 0.237 e. The lowest BCUT2D eigenvalue weighted by Gasteiger charge is -2.25. The summed E-state index contributed by atoms with van der Waals surface area (Å²) in [6.07, 6.45) is 0.534. The molecule has 0 aliphatic heterocycles. The van der Waals surface area contributed by atoms with Gasteiger partial charge in [0.25, 0.3) is 0 Å². The van der Waals surface area contributed by atoms with Gasteiger partial charge in [-0.15, -0.1) is 0 Å². The molecule has 4 nitrogen and oxygen atoms in total. The van der Waals surface area contributed by atoms with Gasteiger partial charge in [-0.1, -0.05) is 17.7 Å². The first-order valence-corrected chi connectivity index (χ1v) is 6.08. The second-order valence-corrected chi connectivity index (χ2v) is 4.81. The number of nitrogens with one attached hydrogen (secondary N) is 1. The summed E-state index contributed by atoms with van der Waals surface area (Å²) in [6, 6.07) is 6.03. The molecule has 1 unspecified atom stereocenters. The molecule has 0 saturated carbocycles. The Hall–Kier alpha value is -1.55. The molecule has 0 saturated heterocycles. The largest absolute Gasteiger partial charge is 0.493 e. The van der Waals surface area contributed by atoms with Crippen LogP contribution in [0.25, 0.3) is 0 Å². The van der Waals surface area contributed by atoms with Gasteiger partial charge in [-0.2, -0.15) is 0 Å². The first-order chi connectivity index (χ1) is 8.39. The number of aryl methyl sites for hydroxylation is 2. The first-order valence-electron chi connectivity index (χ1n) is 6.08. The van der Waals surface area contributed by atoms with Crippen molar-refractivity contribution < 1.29 is 9.53 Å².